The third-order valence-corrected chi connectivity index (χ3v) is 7.19. The normalized spacial score (nSPS) is 11.2. The molecule has 0 aliphatic carbocycles. The van der Waals surface area contributed by atoms with Crippen molar-refractivity contribution in [2.24, 2.45) is 7.05 Å². The smallest absolute Gasteiger partial charge is 0.295 e. The van der Waals surface area contributed by atoms with Crippen LogP contribution >= 0.6 is 11.3 Å². The van der Waals surface area contributed by atoms with Crippen molar-refractivity contribution in [3.63, 3.8) is 0 Å². The van der Waals surface area contributed by atoms with Gasteiger partial charge >= 0.3 is 0 Å². The second kappa shape index (κ2) is 8.50. The van der Waals surface area contributed by atoms with Gasteiger partial charge in [0.15, 0.2) is 0 Å². The molecule has 0 atom stereocenters. The number of ether oxygens (including phenoxy) is 1. The molecule has 5 aromatic rings. The van der Waals surface area contributed by atoms with Crippen LogP contribution in [0.25, 0.3) is 33.2 Å². The van der Waals surface area contributed by atoms with Gasteiger partial charge in [-0.15, -0.1) is 11.3 Å². The number of hydrogen-bond acceptors (Lipinski definition) is 4. The van der Waals surface area contributed by atoms with Crippen molar-refractivity contribution in [3.05, 3.63) is 93.5 Å². The Morgan fingerprint density at radius 2 is 1.65 bits per heavy atom. The van der Waals surface area contributed by atoms with E-state index in [-0.39, 0.29) is 5.56 Å². The minimum atomic E-state index is -0.0447. The molecule has 3 aromatic heterocycles. The molecule has 172 valence electrons. The van der Waals surface area contributed by atoms with Crippen LogP contribution in [0.1, 0.15) is 17.1 Å². The molecule has 3 heterocycles. The van der Waals surface area contributed by atoms with Gasteiger partial charge in [0.1, 0.15) is 16.4 Å². The molecular formula is C27H26N4O2S. The Balaban J connectivity index is 1.59. The molecule has 0 saturated heterocycles. The topological polar surface area (TPSA) is 54.0 Å². The molecule has 0 radical (unpaired) electrons. The van der Waals surface area contributed by atoms with Gasteiger partial charge in [-0.2, -0.15) is 0 Å². The highest BCUT2D eigenvalue weighted by Crippen LogP contribution is 2.34. The van der Waals surface area contributed by atoms with Gasteiger partial charge in [0.25, 0.3) is 5.56 Å². The Bertz CT molecular complexity index is 1540. The summed E-state index contributed by atoms with van der Waals surface area (Å²) in [6.07, 6.45) is 0. The summed E-state index contributed by atoms with van der Waals surface area (Å²) >= 11 is 1.61. The van der Waals surface area contributed by atoms with Crippen LogP contribution in [0.3, 0.4) is 0 Å². The fraction of sp³-hybridized carbons (Fsp3) is 0.185. The number of para-hydroxylation sites is 1. The van der Waals surface area contributed by atoms with Crippen molar-refractivity contribution in [2.45, 2.75) is 20.8 Å². The third kappa shape index (κ3) is 3.49. The zero-order chi connectivity index (χ0) is 24.0. The number of aromatic nitrogens is 4. The van der Waals surface area contributed by atoms with Crippen molar-refractivity contribution in [1.82, 2.24) is 18.9 Å². The Morgan fingerprint density at radius 1 is 0.941 bits per heavy atom. The predicted octanol–water partition coefficient (Wildman–Crippen LogP) is 5.69. The summed E-state index contributed by atoms with van der Waals surface area (Å²) in [6.45, 7) is 6.07. The summed E-state index contributed by atoms with van der Waals surface area (Å²) in [5.74, 6) is 0.823. The Labute approximate surface area is 202 Å². The van der Waals surface area contributed by atoms with Crippen molar-refractivity contribution < 1.29 is 4.74 Å². The monoisotopic (exact) mass is 470 g/mol. The second-order valence-electron chi connectivity index (χ2n) is 8.30. The molecule has 0 bridgehead atoms. The Kier molecular flexibility index (Phi) is 5.49. The molecule has 0 saturated carbocycles. The summed E-state index contributed by atoms with van der Waals surface area (Å²) < 4.78 is 10.9. The van der Waals surface area contributed by atoms with E-state index < -0.39 is 0 Å². The summed E-state index contributed by atoms with van der Waals surface area (Å²) in [5, 5.41) is 3.02. The SMILES string of the molecule is COc1ccc(-c2nc(-c3cc(C)n(-c4c(C)n(C)n(-c5ccccc5)c4=O)c3C)cs2)cc1. The van der Waals surface area contributed by atoms with Crippen LogP contribution in [0.4, 0.5) is 0 Å². The number of aryl methyl sites for hydroxylation is 1. The average molecular weight is 471 g/mol. The lowest BCUT2D eigenvalue weighted by molar-refractivity contribution is 0.415. The van der Waals surface area contributed by atoms with E-state index in [2.05, 4.69) is 16.0 Å². The summed E-state index contributed by atoms with van der Waals surface area (Å²) in [7, 11) is 3.58. The fourth-order valence-electron chi connectivity index (χ4n) is 4.44. The molecule has 6 nitrogen and oxygen atoms in total. The van der Waals surface area contributed by atoms with Crippen molar-refractivity contribution in [2.75, 3.05) is 7.11 Å². The summed E-state index contributed by atoms with van der Waals surface area (Å²) in [4.78, 5) is 18.5. The zero-order valence-electron chi connectivity index (χ0n) is 19.9. The third-order valence-electron chi connectivity index (χ3n) is 6.30. The molecule has 7 heteroatoms. The lowest BCUT2D eigenvalue weighted by Crippen LogP contribution is -2.21. The summed E-state index contributed by atoms with van der Waals surface area (Å²) in [5.41, 5.74) is 7.35. The molecular weight excluding hydrogens is 444 g/mol. The maximum atomic E-state index is 13.6. The number of nitrogens with zero attached hydrogens (tertiary/aromatic N) is 4. The van der Waals surface area contributed by atoms with E-state index in [1.807, 2.05) is 87.1 Å². The predicted molar refractivity (Wildman–Crippen MR) is 138 cm³/mol. The van der Waals surface area contributed by atoms with Gasteiger partial charge in [0.05, 0.1) is 24.2 Å². The van der Waals surface area contributed by atoms with Crippen LogP contribution in [-0.4, -0.2) is 26.0 Å². The van der Waals surface area contributed by atoms with Gasteiger partial charge in [0.2, 0.25) is 0 Å². The molecule has 0 unspecified atom stereocenters. The molecule has 34 heavy (non-hydrogen) atoms. The quantitative estimate of drug-likeness (QED) is 0.332. The molecule has 0 fully saturated rings. The molecule has 0 N–H and O–H groups in total. The van der Waals surface area contributed by atoms with Gasteiger partial charge in [-0.1, -0.05) is 18.2 Å². The van der Waals surface area contributed by atoms with E-state index in [0.29, 0.717) is 5.69 Å². The van der Waals surface area contributed by atoms with Crippen LogP contribution in [0, 0.1) is 20.8 Å². The minimum Gasteiger partial charge on any atom is -0.497 e. The average Bonchev–Trinajstić information content (AvgIpc) is 3.51. The van der Waals surface area contributed by atoms with Crippen molar-refractivity contribution in [3.8, 4) is 39.0 Å². The summed E-state index contributed by atoms with van der Waals surface area (Å²) in [6, 6.07) is 19.8. The van der Waals surface area contributed by atoms with E-state index >= 15 is 0 Å². The van der Waals surface area contributed by atoms with Crippen LogP contribution in [0.2, 0.25) is 0 Å². The number of methoxy groups -OCH3 is 1. The van der Waals surface area contributed by atoms with E-state index in [9.17, 15) is 4.79 Å². The number of hydrogen-bond donors (Lipinski definition) is 0. The van der Waals surface area contributed by atoms with E-state index in [1.165, 1.54) is 0 Å². The molecule has 2 aromatic carbocycles. The lowest BCUT2D eigenvalue weighted by Gasteiger charge is -2.08. The number of rotatable bonds is 5. The van der Waals surface area contributed by atoms with Gasteiger partial charge < -0.3 is 9.30 Å². The van der Waals surface area contributed by atoms with Crippen molar-refractivity contribution >= 4 is 11.3 Å². The highest BCUT2D eigenvalue weighted by molar-refractivity contribution is 7.13. The van der Waals surface area contributed by atoms with E-state index in [4.69, 9.17) is 9.72 Å². The number of benzene rings is 2. The first-order valence-corrected chi connectivity index (χ1v) is 11.9. The number of thiazole rings is 1. The van der Waals surface area contributed by atoms with Gasteiger partial charge in [-0.25, -0.2) is 9.67 Å². The second-order valence-corrected chi connectivity index (χ2v) is 9.15. The molecule has 0 spiro atoms. The fourth-order valence-corrected chi connectivity index (χ4v) is 5.27. The highest BCUT2D eigenvalue weighted by atomic mass is 32.1. The largest absolute Gasteiger partial charge is 0.497 e. The lowest BCUT2D eigenvalue weighted by atomic mass is 10.2. The Hall–Kier alpha value is -3.84. The first-order valence-electron chi connectivity index (χ1n) is 11.0. The van der Waals surface area contributed by atoms with Gasteiger partial charge in [0, 0.05) is 34.9 Å². The zero-order valence-corrected chi connectivity index (χ0v) is 20.7. The van der Waals surface area contributed by atoms with Crippen LogP contribution in [-0.2, 0) is 7.05 Å². The van der Waals surface area contributed by atoms with E-state index in [0.717, 1.165) is 50.3 Å². The maximum absolute atomic E-state index is 13.6. The van der Waals surface area contributed by atoms with E-state index in [1.54, 1.807) is 23.1 Å². The standard InChI is InChI=1S/C27H26N4O2S/c1-17-15-23(24-16-34-26(28-24)20-11-13-22(33-5)14-12-20)18(2)30(17)25-19(3)29(4)31(27(25)32)21-9-7-6-8-10-21/h6-16H,1-5H3. The maximum Gasteiger partial charge on any atom is 0.295 e. The van der Waals surface area contributed by atoms with Crippen LogP contribution < -0.4 is 10.3 Å². The molecule has 0 aliphatic heterocycles. The minimum absolute atomic E-state index is 0.0447. The molecule has 0 aliphatic rings. The van der Waals surface area contributed by atoms with Gasteiger partial charge in [-0.05, 0) is 63.2 Å². The van der Waals surface area contributed by atoms with Crippen LogP contribution in [0.5, 0.6) is 5.75 Å². The Morgan fingerprint density at radius 3 is 2.32 bits per heavy atom. The van der Waals surface area contributed by atoms with Crippen molar-refractivity contribution in [1.29, 1.82) is 0 Å². The molecule has 5 rings (SSSR count). The highest BCUT2D eigenvalue weighted by Gasteiger charge is 2.23. The molecule has 0 amide bonds. The first kappa shape index (κ1) is 22.0. The van der Waals surface area contributed by atoms with Gasteiger partial charge in [-0.3, -0.25) is 9.48 Å². The van der Waals surface area contributed by atoms with Crippen LogP contribution in [0.15, 0.2) is 70.8 Å². The first-order chi connectivity index (χ1) is 16.4.